The average molecular weight is 343 g/mol. The maximum absolute atomic E-state index is 5.92. The van der Waals surface area contributed by atoms with Crippen LogP contribution in [0.1, 0.15) is 38.3 Å². The van der Waals surface area contributed by atoms with Crippen molar-refractivity contribution in [1.29, 1.82) is 0 Å². The highest BCUT2D eigenvalue weighted by Crippen LogP contribution is 2.41. The van der Waals surface area contributed by atoms with E-state index in [0.717, 1.165) is 28.1 Å². The molecule has 2 rings (SSSR count). The molecule has 1 unspecified atom stereocenters. The molecule has 3 N–H and O–H groups in total. The van der Waals surface area contributed by atoms with E-state index < -0.39 is 0 Å². The molecule has 0 aromatic heterocycles. The first-order chi connectivity index (χ1) is 9.69. The molecule has 4 nitrogen and oxygen atoms in total. The first-order valence-electron chi connectivity index (χ1n) is 7.22. The van der Waals surface area contributed by atoms with Gasteiger partial charge in [-0.1, -0.05) is 26.7 Å². The summed E-state index contributed by atoms with van der Waals surface area (Å²) in [5.74, 6) is 2.27. The van der Waals surface area contributed by atoms with Gasteiger partial charge in [0.15, 0.2) is 11.5 Å². The summed E-state index contributed by atoms with van der Waals surface area (Å²) >= 11 is 3.53. The highest BCUT2D eigenvalue weighted by molar-refractivity contribution is 9.10. The van der Waals surface area contributed by atoms with E-state index in [4.69, 9.17) is 15.2 Å². The van der Waals surface area contributed by atoms with E-state index in [0.29, 0.717) is 12.5 Å². The lowest BCUT2D eigenvalue weighted by Crippen LogP contribution is -2.32. The standard InChI is InChI=1S/C15H23BrN2O2/c1-3-10(4-2)8-18-13(7-17)11-5-12(16)15-14(6-11)19-9-20-15/h5-6,10,13,18H,3-4,7-9,17H2,1-2H3. The number of hydrogen-bond acceptors (Lipinski definition) is 4. The van der Waals surface area contributed by atoms with Crippen LogP contribution >= 0.6 is 15.9 Å². The Bertz CT molecular complexity index is 450. The fourth-order valence-corrected chi connectivity index (χ4v) is 2.99. The van der Waals surface area contributed by atoms with Gasteiger partial charge in [0.2, 0.25) is 6.79 Å². The molecule has 0 radical (unpaired) electrons. The van der Waals surface area contributed by atoms with Gasteiger partial charge < -0.3 is 20.5 Å². The molecule has 1 aromatic carbocycles. The smallest absolute Gasteiger partial charge is 0.231 e. The van der Waals surface area contributed by atoms with Crippen LogP contribution in [0.25, 0.3) is 0 Å². The minimum Gasteiger partial charge on any atom is -0.454 e. The second kappa shape index (κ2) is 7.29. The van der Waals surface area contributed by atoms with Gasteiger partial charge in [-0.2, -0.15) is 0 Å². The number of nitrogens with two attached hydrogens (primary N) is 1. The zero-order chi connectivity index (χ0) is 14.5. The third-order valence-corrected chi connectivity index (χ3v) is 4.48. The molecule has 0 aliphatic carbocycles. The number of rotatable bonds is 7. The van der Waals surface area contributed by atoms with E-state index in [1.165, 1.54) is 12.8 Å². The maximum atomic E-state index is 5.92. The van der Waals surface area contributed by atoms with Crippen molar-refractivity contribution in [3.8, 4) is 11.5 Å². The summed E-state index contributed by atoms with van der Waals surface area (Å²) in [5, 5.41) is 3.56. The second-order valence-corrected chi connectivity index (χ2v) is 5.97. The zero-order valence-corrected chi connectivity index (χ0v) is 13.7. The van der Waals surface area contributed by atoms with Crippen LogP contribution in [0, 0.1) is 5.92 Å². The van der Waals surface area contributed by atoms with Crippen molar-refractivity contribution < 1.29 is 9.47 Å². The van der Waals surface area contributed by atoms with Crippen LogP contribution in [0.4, 0.5) is 0 Å². The van der Waals surface area contributed by atoms with Crippen molar-refractivity contribution in [2.24, 2.45) is 11.7 Å². The van der Waals surface area contributed by atoms with E-state index in [2.05, 4.69) is 41.2 Å². The Morgan fingerprint density at radius 1 is 1.30 bits per heavy atom. The van der Waals surface area contributed by atoms with E-state index in [-0.39, 0.29) is 12.8 Å². The first-order valence-corrected chi connectivity index (χ1v) is 8.01. The lowest BCUT2D eigenvalue weighted by molar-refractivity contribution is 0.173. The van der Waals surface area contributed by atoms with Crippen LogP contribution in [0.2, 0.25) is 0 Å². The van der Waals surface area contributed by atoms with Crippen LogP contribution < -0.4 is 20.5 Å². The second-order valence-electron chi connectivity index (χ2n) is 5.12. The van der Waals surface area contributed by atoms with Crippen molar-refractivity contribution in [3.05, 3.63) is 22.2 Å². The predicted molar refractivity (Wildman–Crippen MR) is 84.1 cm³/mol. The Balaban J connectivity index is 2.09. The number of benzene rings is 1. The Kier molecular flexibility index (Phi) is 5.69. The van der Waals surface area contributed by atoms with Gasteiger partial charge >= 0.3 is 0 Å². The van der Waals surface area contributed by atoms with Gasteiger partial charge in [-0.25, -0.2) is 0 Å². The minimum absolute atomic E-state index is 0.140. The fraction of sp³-hybridized carbons (Fsp3) is 0.600. The van der Waals surface area contributed by atoms with E-state index >= 15 is 0 Å². The van der Waals surface area contributed by atoms with Gasteiger partial charge in [-0.15, -0.1) is 0 Å². The van der Waals surface area contributed by atoms with E-state index in [1.807, 2.05) is 6.07 Å². The zero-order valence-electron chi connectivity index (χ0n) is 12.1. The maximum Gasteiger partial charge on any atom is 0.231 e. The number of ether oxygens (including phenoxy) is 2. The number of hydrogen-bond donors (Lipinski definition) is 2. The fourth-order valence-electron chi connectivity index (χ4n) is 2.41. The summed E-state index contributed by atoms with van der Waals surface area (Å²) in [6.45, 7) is 6.29. The van der Waals surface area contributed by atoms with Crippen molar-refractivity contribution in [1.82, 2.24) is 5.32 Å². The third kappa shape index (κ3) is 3.45. The number of fused-ring (bicyclic) bond motifs is 1. The molecule has 0 saturated heterocycles. The van der Waals surface area contributed by atoms with Crippen LogP contribution in [-0.2, 0) is 0 Å². The topological polar surface area (TPSA) is 56.5 Å². The summed E-state index contributed by atoms with van der Waals surface area (Å²) in [7, 11) is 0. The minimum atomic E-state index is 0.140. The van der Waals surface area contributed by atoms with Gasteiger partial charge in [0.05, 0.1) is 4.47 Å². The first kappa shape index (κ1) is 15.6. The van der Waals surface area contributed by atoms with Crippen LogP contribution in [-0.4, -0.2) is 19.9 Å². The van der Waals surface area contributed by atoms with Crippen LogP contribution in [0.5, 0.6) is 11.5 Å². The Morgan fingerprint density at radius 3 is 2.70 bits per heavy atom. The molecular weight excluding hydrogens is 320 g/mol. The molecule has 0 bridgehead atoms. The molecule has 5 heteroatoms. The van der Waals surface area contributed by atoms with Crippen molar-refractivity contribution >= 4 is 15.9 Å². The molecular formula is C15H23BrN2O2. The summed E-state index contributed by atoms with van der Waals surface area (Å²) in [6, 6.07) is 4.22. The third-order valence-electron chi connectivity index (χ3n) is 3.90. The number of halogens is 1. The van der Waals surface area contributed by atoms with Crippen molar-refractivity contribution in [2.75, 3.05) is 19.9 Å². The van der Waals surface area contributed by atoms with Gasteiger partial charge in [0.25, 0.3) is 0 Å². The molecule has 0 amide bonds. The molecule has 0 spiro atoms. The van der Waals surface area contributed by atoms with Gasteiger partial charge in [-0.3, -0.25) is 0 Å². The molecule has 0 fully saturated rings. The molecule has 1 aliphatic rings. The molecule has 112 valence electrons. The monoisotopic (exact) mass is 342 g/mol. The molecule has 0 saturated carbocycles. The van der Waals surface area contributed by atoms with E-state index in [1.54, 1.807) is 0 Å². The highest BCUT2D eigenvalue weighted by atomic mass is 79.9. The summed E-state index contributed by atoms with van der Waals surface area (Å²) in [4.78, 5) is 0. The highest BCUT2D eigenvalue weighted by Gasteiger charge is 2.21. The SMILES string of the molecule is CCC(CC)CNC(CN)c1cc(Br)c2c(c1)OCO2. The predicted octanol–water partition coefficient (Wildman–Crippen LogP) is 3.20. The van der Waals surface area contributed by atoms with Crippen LogP contribution in [0.3, 0.4) is 0 Å². The van der Waals surface area contributed by atoms with Crippen LogP contribution in [0.15, 0.2) is 16.6 Å². The van der Waals surface area contributed by atoms with Crippen molar-refractivity contribution in [3.63, 3.8) is 0 Å². The molecule has 20 heavy (non-hydrogen) atoms. The van der Waals surface area contributed by atoms with Gasteiger partial charge in [-0.05, 0) is 46.1 Å². The quantitative estimate of drug-likeness (QED) is 0.798. The summed E-state index contributed by atoms with van der Waals surface area (Å²) < 4.78 is 11.8. The average Bonchev–Trinajstić information content (AvgIpc) is 2.93. The molecule has 1 aromatic rings. The lowest BCUT2D eigenvalue weighted by Gasteiger charge is -2.21. The summed E-state index contributed by atoms with van der Waals surface area (Å²) in [6.07, 6.45) is 2.37. The van der Waals surface area contributed by atoms with Crippen molar-refractivity contribution in [2.45, 2.75) is 32.7 Å². The molecule has 1 atom stereocenters. The number of nitrogens with one attached hydrogen (secondary N) is 1. The van der Waals surface area contributed by atoms with Gasteiger partial charge in [0, 0.05) is 12.6 Å². The summed E-state index contributed by atoms with van der Waals surface area (Å²) in [5.41, 5.74) is 7.05. The Hall–Kier alpha value is -0.780. The largest absolute Gasteiger partial charge is 0.454 e. The van der Waals surface area contributed by atoms with E-state index in [9.17, 15) is 0 Å². The normalized spacial score (nSPS) is 14.8. The molecule has 1 aliphatic heterocycles. The van der Waals surface area contributed by atoms with Gasteiger partial charge in [0.1, 0.15) is 0 Å². The Labute approximate surface area is 129 Å². The lowest BCUT2D eigenvalue weighted by atomic mass is 10.0. The Morgan fingerprint density at radius 2 is 2.05 bits per heavy atom. The molecule has 1 heterocycles.